The predicted octanol–water partition coefficient (Wildman–Crippen LogP) is 1.27. The van der Waals surface area contributed by atoms with Crippen LogP contribution in [-0.2, 0) is 14.1 Å². The number of H-pyrrole nitrogens is 1. The number of aromatic amines is 1. The van der Waals surface area contributed by atoms with E-state index in [0.29, 0.717) is 12.0 Å². The standard InChI is InChI=1S/C17H19FN3O6P/c18-13-10-16(21-8-6-15(23)20-17(21)24)26-14(13)11-25-28(19-7-9-22)27-12-4-2-1-3-5-12/h1-6,8-9,13-14,16,19H,7,10-11H2,(H,20,23,24). The number of rotatable bonds is 9. The minimum atomic E-state index is -1.70. The Morgan fingerprint density at radius 1 is 1.32 bits per heavy atom. The summed E-state index contributed by atoms with van der Waals surface area (Å²) in [5.74, 6) is 0.536. The second-order valence-electron chi connectivity index (χ2n) is 5.88. The van der Waals surface area contributed by atoms with Crippen LogP contribution in [0.25, 0.3) is 0 Å². The second-order valence-corrected chi connectivity index (χ2v) is 7.16. The zero-order chi connectivity index (χ0) is 19.9. The largest absolute Gasteiger partial charge is 0.436 e. The molecule has 1 aromatic heterocycles. The van der Waals surface area contributed by atoms with E-state index in [-0.39, 0.29) is 19.6 Å². The molecule has 3 rings (SSSR count). The van der Waals surface area contributed by atoms with E-state index in [1.165, 1.54) is 6.20 Å². The summed E-state index contributed by atoms with van der Waals surface area (Å²) in [6.45, 7) is -0.126. The summed E-state index contributed by atoms with van der Waals surface area (Å²) in [6.07, 6.45) is -1.28. The molecule has 9 nitrogen and oxygen atoms in total. The van der Waals surface area contributed by atoms with Gasteiger partial charge in [0.05, 0.1) is 13.2 Å². The Hall–Kier alpha value is -2.39. The fraction of sp³-hybridized carbons (Fsp3) is 0.353. The molecule has 0 amide bonds. The fourth-order valence-electron chi connectivity index (χ4n) is 2.60. The van der Waals surface area contributed by atoms with Crippen molar-refractivity contribution in [1.29, 1.82) is 0 Å². The number of carbonyl (C=O) groups is 1. The maximum Gasteiger partial charge on any atom is 0.330 e. The lowest BCUT2D eigenvalue weighted by Crippen LogP contribution is -2.31. The van der Waals surface area contributed by atoms with Gasteiger partial charge in [-0.3, -0.25) is 14.3 Å². The van der Waals surface area contributed by atoms with Crippen LogP contribution in [0, 0.1) is 0 Å². The molecule has 0 spiro atoms. The Kier molecular flexibility index (Phi) is 7.05. The summed E-state index contributed by atoms with van der Waals surface area (Å²) in [7, 11) is -1.70. The highest BCUT2D eigenvalue weighted by atomic mass is 31.2. The molecular weight excluding hydrogens is 392 g/mol. The van der Waals surface area contributed by atoms with Gasteiger partial charge < -0.3 is 18.6 Å². The highest BCUT2D eigenvalue weighted by molar-refractivity contribution is 7.45. The van der Waals surface area contributed by atoms with Gasteiger partial charge in [-0.05, 0) is 12.1 Å². The fourth-order valence-corrected chi connectivity index (χ4v) is 3.63. The molecule has 1 aromatic carbocycles. The molecule has 1 aliphatic rings. The van der Waals surface area contributed by atoms with Crippen LogP contribution >= 0.6 is 8.53 Å². The first-order valence-electron chi connectivity index (χ1n) is 8.51. The molecule has 1 aliphatic heterocycles. The number of alkyl halides is 1. The molecule has 28 heavy (non-hydrogen) atoms. The van der Waals surface area contributed by atoms with E-state index in [9.17, 15) is 18.8 Å². The van der Waals surface area contributed by atoms with Gasteiger partial charge in [0.25, 0.3) is 5.56 Å². The summed E-state index contributed by atoms with van der Waals surface area (Å²) in [5, 5.41) is 2.79. The first kappa shape index (κ1) is 20.3. The van der Waals surface area contributed by atoms with Gasteiger partial charge in [0.2, 0.25) is 0 Å². The Balaban J connectivity index is 1.60. The molecule has 0 bridgehead atoms. The van der Waals surface area contributed by atoms with E-state index in [4.69, 9.17) is 13.8 Å². The first-order valence-corrected chi connectivity index (χ1v) is 9.69. The Morgan fingerprint density at radius 2 is 2.11 bits per heavy atom. The van der Waals surface area contributed by atoms with Gasteiger partial charge in [-0.25, -0.2) is 14.3 Å². The van der Waals surface area contributed by atoms with Gasteiger partial charge in [0.1, 0.15) is 30.5 Å². The number of nitrogens with zero attached hydrogens (tertiary/aromatic N) is 1. The molecule has 1 saturated heterocycles. The number of nitrogens with one attached hydrogen (secondary N) is 2. The number of aromatic nitrogens is 2. The maximum atomic E-state index is 14.4. The number of aldehydes is 1. The van der Waals surface area contributed by atoms with Crippen LogP contribution in [0.4, 0.5) is 4.39 Å². The van der Waals surface area contributed by atoms with Gasteiger partial charge in [-0.15, -0.1) is 0 Å². The number of hydrogen-bond acceptors (Lipinski definition) is 7. The van der Waals surface area contributed by atoms with Crippen LogP contribution in [0.5, 0.6) is 5.75 Å². The predicted molar refractivity (Wildman–Crippen MR) is 98.8 cm³/mol. The molecule has 4 atom stereocenters. The Bertz CT molecular complexity index is 892. The molecule has 2 N–H and O–H groups in total. The van der Waals surface area contributed by atoms with Crippen molar-refractivity contribution in [1.82, 2.24) is 14.6 Å². The third-order valence-electron chi connectivity index (χ3n) is 3.91. The van der Waals surface area contributed by atoms with Gasteiger partial charge in [-0.2, -0.15) is 0 Å². The zero-order valence-electron chi connectivity index (χ0n) is 14.7. The normalized spacial score (nSPS) is 22.7. The topological polar surface area (TPSA) is 112 Å². The van der Waals surface area contributed by atoms with Crippen molar-refractivity contribution in [2.75, 3.05) is 13.2 Å². The van der Waals surface area contributed by atoms with Crippen molar-refractivity contribution in [2.45, 2.75) is 24.9 Å². The number of para-hydroxylation sites is 1. The maximum absolute atomic E-state index is 14.4. The molecule has 2 aromatic rings. The molecule has 1 fully saturated rings. The Morgan fingerprint density at radius 3 is 2.82 bits per heavy atom. The van der Waals surface area contributed by atoms with E-state index < -0.39 is 38.3 Å². The Labute approximate surface area is 160 Å². The minimum absolute atomic E-state index is 0.0124. The number of carbonyl (C=O) groups excluding carboxylic acids is 1. The lowest BCUT2D eigenvalue weighted by Gasteiger charge is -2.20. The van der Waals surface area contributed by atoms with Crippen LogP contribution in [0.2, 0.25) is 0 Å². The summed E-state index contributed by atoms with van der Waals surface area (Å²) in [6, 6.07) is 10.0. The number of hydrogen-bond donors (Lipinski definition) is 2. The summed E-state index contributed by atoms with van der Waals surface area (Å²) in [4.78, 5) is 35.7. The monoisotopic (exact) mass is 411 g/mol. The average Bonchev–Trinajstić information content (AvgIpc) is 3.05. The van der Waals surface area contributed by atoms with Crippen molar-refractivity contribution in [3.63, 3.8) is 0 Å². The van der Waals surface area contributed by atoms with E-state index in [2.05, 4.69) is 10.1 Å². The van der Waals surface area contributed by atoms with Gasteiger partial charge in [-0.1, -0.05) is 18.2 Å². The first-order chi connectivity index (χ1) is 13.6. The molecule has 150 valence electrons. The van der Waals surface area contributed by atoms with E-state index >= 15 is 0 Å². The number of ether oxygens (including phenoxy) is 1. The van der Waals surface area contributed by atoms with Crippen LogP contribution in [-0.4, -0.2) is 41.3 Å². The molecular formula is C17H19FN3O6P. The molecule has 0 radical (unpaired) electrons. The lowest BCUT2D eigenvalue weighted by atomic mass is 10.2. The highest BCUT2D eigenvalue weighted by Crippen LogP contribution is 2.37. The summed E-state index contributed by atoms with van der Waals surface area (Å²) < 4.78 is 32.3. The van der Waals surface area contributed by atoms with Crippen LogP contribution < -0.4 is 20.9 Å². The number of benzene rings is 1. The van der Waals surface area contributed by atoms with Crippen LogP contribution in [0.15, 0.2) is 52.2 Å². The molecule has 0 saturated carbocycles. The zero-order valence-corrected chi connectivity index (χ0v) is 15.6. The SMILES string of the molecule is O=CCNP(OCC1OC(n2ccc(=O)[nH]c2=O)CC1F)Oc1ccccc1. The molecule has 4 unspecified atom stereocenters. The van der Waals surface area contributed by atoms with Crippen LogP contribution in [0.3, 0.4) is 0 Å². The van der Waals surface area contributed by atoms with Gasteiger partial charge in [0, 0.05) is 18.7 Å². The van der Waals surface area contributed by atoms with E-state index in [0.717, 1.165) is 10.6 Å². The minimum Gasteiger partial charge on any atom is -0.436 e. The second kappa shape index (κ2) is 9.70. The molecule has 0 aliphatic carbocycles. The van der Waals surface area contributed by atoms with E-state index in [1.807, 2.05) is 6.07 Å². The van der Waals surface area contributed by atoms with Crippen molar-refractivity contribution in [3.05, 3.63) is 63.4 Å². The van der Waals surface area contributed by atoms with E-state index in [1.54, 1.807) is 24.3 Å². The van der Waals surface area contributed by atoms with Gasteiger partial charge >= 0.3 is 14.2 Å². The highest BCUT2D eigenvalue weighted by Gasteiger charge is 2.37. The van der Waals surface area contributed by atoms with Crippen LogP contribution in [0.1, 0.15) is 12.6 Å². The third kappa shape index (κ3) is 5.32. The average molecular weight is 411 g/mol. The summed E-state index contributed by atoms with van der Waals surface area (Å²) in [5.41, 5.74) is -1.21. The molecule has 2 heterocycles. The van der Waals surface area contributed by atoms with Gasteiger partial charge in [0.15, 0.2) is 0 Å². The smallest absolute Gasteiger partial charge is 0.330 e. The van der Waals surface area contributed by atoms with Crippen molar-refractivity contribution < 1.29 is 23.0 Å². The third-order valence-corrected chi connectivity index (χ3v) is 5.12. The van der Waals surface area contributed by atoms with Crippen molar-refractivity contribution >= 4 is 14.8 Å². The number of halogens is 1. The quantitative estimate of drug-likeness (QED) is 0.472. The lowest BCUT2D eigenvalue weighted by molar-refractivity contribution is -0.106. The summed E-state index contributed by atoms with van der Waals surface area (Å²) >= 11 is 0. The van der Waals surface area contributed by atoms with Crippen molar-refractivity contribution in [2.24, 2.45) is 0 Å². The van der Waals surface area contributed by atoms with Crippen molar-refractivity contribution in [3.8, 4) is 5.75 Å². The molecule has 11 heteroatoms.